The van der Waals surface area contributed by atoms with E-state index in [9.17, 15) is 14.0 Å². The molecule has 0 aliphatic rings. The zero-order valence-electron chi connectivity index (χ0n) is 13.5. The van der Waals surface area contributed by atoms with Gasteiger partial charge in [0, 0.05) is 13.6 Å². The molecule has 0 saturated heterocycles. The summed E-state index contributed by atoms with van der Waals surface area (Å²) in [6.07, 6.45) is 0.634. The van der Waals surface area contributed by atoms with Gasteiger partial charge in [-0.05, 0) is 35.6 Å². The first-order chi connectivity index (χ1) is 12.0. The van der Waals surface area contributed by atoms with Crippen LogP contribution in [0.4, 0.5) is 4.39 Å². The van der Waals surface area contributed by atoms with E-state index in [4.69, 9.17) is 0 Å². The molecule has 25 heavy (non-hydrogen) atoms. The van der Waals surface area contributed by atoms with Crippen LogP contribution >= 0.6 is 23.1 Å². The Balaban J connectivity index is 1.53. The number of aromatic nitrogens is 2. The normalized spacial score (nSPS) is 11.0. The number of thiophene rings is 1. The minimum absolute atomic E-state index is 0.106. The maximum Gasteiger partial charge on any atom is 0.262 e. The molecule has 2 aromatic heterocycles. The number of rotatable bonds is 6. The number of halogens is 1. The van der Waals surface area contributed by atoms with E-state index in [1.807, 2.05) is 5.38 Å². The molecule has 0 atom stereocenters. The first-order valence-corrected chi connectivity index (χ1v) is 9.49. The van der Waals surface area contributed by atoms with Gasteiger partial charge >= 0.3 is 0 Å². The average Bonchev–Trinajstić information content (AvgIpc) is 3.07. The summed E-state index contributed by atoms with van der Waals surface area (Å²) in [6.45, 7) is 0.474. The van der Waals surface area contributed by atoms with Crippen molar-refractivity contribution in [2.24, 2.45) is 7.05 Å². The molecule has 0 spiro atoms. The number of carbonyl (C=O) groups excluding carboxylic acids is 1. The topological polar surface area (TPSA) is 64.0 Å². The summed E-state index contributed by atoms with van der Waals surface area (Å²) in [6, 6.07) is 7.96. The Bertz CT molecular complexity index is 951. The maximum absolute atomic E-state index is 12.8. The second-order valence-electron chi connectivity index (χ2n) is 5.41. The second-order valence-corrected chi connectivity index (χ2v) is 7.25. The fourth-order valence-electron chi connectivity index (χ4n) is 2.29. The molecule has 5 nitrogen and oxygen atoms in total. The van der Waals surface area contributed by atoms with Crippen molar-refractivity contribution in [3.8, 4) is 0 Å². The highest BCUT2D eigenvalue weighted by molar-refractivity contribution is 7.99. The minimum Gasteiger partial charge on any atom is -0.355 e. The van der Waals surface area contributed by atoms with E-state index in [0.717, 1.165) is 5.56 Å². The molecule has 1 aromatic carbocycles. The summed E-state index contributed by atoms with van der Waals surface area (Å²) in [5.41, 5.74) is 0.854. The van der Waals surface area contributed by atoms with Crippen LogP contribution in [0.5, 0.6) is 0 Å². The summed E-state index contributed by atoms with van der Waals surface area (Å²) in [4.78, 5) is 29.3. The van der Waals surface area contributed by atoms with Crippen molar-refractivity contribution in [3.63, 3.8) is 0 Å². The molecule has 1 N–H and O–H groups in total. The molecule has 0 aliphatic carbocycles. The molecule has 130 valence electrons. The number of thioether (sulfide) groups is 1. The fraction of sp³-hybridized carbons (Fsp3) is 0.235. The van der Waals surface area contributed by atoms with Gasteiger partial charge in [0.1, 0.15) is 10.6 Å². The van der Waals surface area contributed by atoms with Crippen molar-refractivity contribution in [3.05, 3.63) is 57.4 Å². The lowest BCUT2D eigenvalue weighted by atomic mass is 10.1. The van der Waals surface area contributed by atoms with E-state index in [-0.39, 0.29) is 23.0 Å². The van der Waals surface area contributed by atoms with Gasteiger partial charge in [-0.3, -0.25) is 14.2 Å². The Labute approximate surface area is 151 Å². The van der Waals surface area contributed by atoms with Crippen molar-refractivity contribution in [2.45, 2.75) is 11.6 Å². The van der Waals surface area contributed by atoms with Gasteiger partial charge in [-0.15, -0.1) is 11.3 Å². The van der Waals surface area contributed by atoms with E-state index >= 15 is 0 Å². The van der Waals surface area contributed by atoms with E-state index < -0.39 is 0 Å². The van der Waals surface area contributed by atoms with Crippen LogP contribution in [0.3, 0.4) is 0 Å². The van der Waals surface area contributed by atoms with Gasteiger partial charge in [0.15, 0.2) is 5.16 Å². The lowest BCUT2D eigenvalue weighted by molar-refractivity contribution is -0.118. The predicted molar refractivity (Wildman–Crippen MR) is 98.7 cm³/mol. The van der Waals surface area contributed by atoms with Crippen molar-refractivity contribution in [1.29, 1.82) is 0 Å². The molecule has 0 bridgehead atoms. The van der Waals surface area contributed by atoms with E-state index in [2.05, 4.69) is 10.3 Å². The van der Waals surface area contributed by atoms with Gasteiger partial charge in [0.2, 0.25) is 5.91 Å². The molecule has 0 saturated carbocycles. The van der Waals surface area contributed by atoms with Crippen molar-refractivity contribution < 1.29 is 9.18 Å². The van der Waals surface area contributed by atoms with Crippen LogP contribution < -0.4 is 10.9 Å². The van der Waals surface area contributed by atoms with Gasteiger partial charge in [-0.25, -0.2) is 9.37 Å². The summed E-state index contributed by atoms with van der Waals surface area (Å²) in [5.74, 6) is -0.224. The summed E-state index contributed by atoms with van der Waals surface area (Å²) >= 11 is 2.64. The Morgan fingerprint density at radius 3 is 2.84 bits per heavy atom. The molecule has 1 amide bonds. The Kier molecular flexibility index (Phi) is 5.50. The molecule has 0 radical (unpaired) electrons. The molecular formula is C17H16FN3O2S2. The van der Waals surface area contributed by atoms with Gasteiger partial charge in [0.25, 0.3) is 5.56 Å². The van der Waals surface area contributed by atoms with Crippen LogP contribution in [0.2, 0.25) is 0 Å². The van der Waals surface area contributed by atoms with Gasteiger partial charge in [-0.1, -0.05) is 23.9 Å². The molecule has 3 rings (SSSR count). The maximum atomic E-state index is 12.8. The summed E-state index contributed by atoms with van der Waals surface area (Å²) in [7, 11) is 1.65. The summed E-state index contributed by atoms with van der Waals surface area (Å²) in [5, 5.41) is 5.76. The van der Waals surface area contributed by atoms with Crippen molar-refractivity contribution in [1.82, 2.24) is 14.9 Å². The third-order valence-electron chi connectivity index (χ3n) is 3.65. The third kappa shape index (κ3) is 4.26. The molecule has 8 heteroatoms. The van der Waals surface area contributed by atoms with Gasteiger partial charge < -0.3 is 5.32 Å². The fourth-order valence-corrected chi connectivity index (χ4v) is 3.89. The van der Waals surface area contributed by atoms with E-state index in [1.165, 1.54) is 39.8 Å². The minimum atomic E-state index is -0.273. The number of hydrogen-bond acceptors (Lipinski definition) is 5. The number of nitrogens with one attached hydrogen (secondary N) is 1. The van der Waals surface area contributed by atoms with E-state index in [1.54, 1.807) is 25.2 Å². The van der Waals surface area contributed by atoms with Crippen LogP contribution in [-0.2, 0) is 18.3 Å². The predicted octanol–water partition coefficient (Wildman–Crippen LogP) is 2.59. The lowest BCUT2D eigenvalue weighted by Gasteiger charge is -2.08. The molecule has 0 unspecified atom stereocenters. The lowest BCUT2D eigenvalue weighted by Crippen LogP contribution is -2.28. The first kappa shape index (κ1) is 17.6. The van der Waals surface area contributed by atoms with E-state index in [0.29, 0.717) is 28.3 Å². The van der Waals surface area contributed by atoms with Crippen molar-refractivity contribution >= 4 is 39.2 Å². The molecule has 2 heterocycles. The largest absolute Gasteiger partial charge is 0.355 e. The second kappa shape index (κ2) is 7.79. The average molecular weight is 377 g/mol. The number of nitrogens with zero attached hydrogens (tertiary/aromatic N) is 2. The Morgan fingerprint density at radius 2 is 2.08 bits per heavy atom. The Morgan fingerprint density at radius 1 is 1.32 bits per heavy atom. The first-order valence-electron chi connectivity index (χ1n) is 7.63. The number of carbonyl (C=O) groups is 1. The Hall–Kier alpha value is -2.19. The van der Waals surface area contributed by atoms with Crippen LogP contribution in [0.15, 0.2) is 45.7 Å². The van der Waals surface area contributed by atoms with Gasteiger partial charge in [0.05, 0.1) is 11.1 Å². The van der Waals surface area contributed by atoms with Crippen LogP contribution in [0.25, 0.3) is 10.2 Å². The highest BCUT2D eigenvalue weighted by Crippen LogP contribution is 2.20. The zero-order valence-corrected chi connectivity index (χ0v) is 15.1. The molecule has 0 aliphatic heterocycles. The van der Waals surface area contributed by atoms with Crippen LogP contribution in [0.1, 0.15) is 5.56 Å². The third-order valence-corrected chi connectivity index (χ3v) is 5.48. The number of amides is 1. The number of hydrogen-bond donors (Lipinski definition) is 1. The highest BCUT2D eigenvalue weighted by Gasteiger charge is 2.11. The van der Waals surface area contributed by atoms with Crippen LogP contribution in [-0.4, -0.2) is 27.8 Å². The summed E-state index contributed by atoms with van der Waals surface area (Å²) < 4.78 is 14.3. The smallest absolute Gasteiger partial charge is 0.262 e. The van der Waals surface area contributed by atoms with Crippen molar-refractivity contribution in [2.75, 3.05) is 12.3 Å². The SMILES string of the molecule is Cn1c(SCC(=O)NCCc2ccc(F)cc2)nc2sccc2c1=O. The molecule has 3 aromatic rings. The standard InChI is InChI=1S/C17H16FN3O2S2/c1-21-16(23)13-7-9-24-15(13)20-17(21)25-10-14(22)19-8-6-11-2-4-12(18)5-3-11/h2-5,7,9H,6,8,10H2,1H3,(H,19,22). The quantitative estimate of drug-likeness (QED) is 0.530. The molecule has 0 fully saturated rings. The number of benzene rings is 1. The van der Waals surface area contributed by atoms with Gasteiger partial charge in [-0.2, -0.15) is 0 Å². The zero-order chi connectivity index (χ0) is 17.8. The number of fused-ring (bicyclic) bond motifs is 1. The van der Waals surface area contributed by atoms with Crippen LogP contribution in [0, 0.1) is 5.82 Å². The molecular weight excluding hydrogens is 361 g/mol. The monoisotopic (exact) mass is 377 g/mol. The highest BCUT2D eigenvalue weighted by atomic mass is 32.2.